The van der Waals surface area contributed by atoms with Crippen molar-refractivity contribution in [1.29, 1.82) is 0 Å². The molecule has 0 fully saturated rings. The summed E-state index contributed by atoms with van der Waals surface area (Å²) in [5.41, 5.74) is 4.09. The van der Waals surface area contributed by atoms with E-state index in [2.05, 4.69) is 41.9 Å². The van der Waals surface area contributed by atoms with Crippen molar-refractivity contribution in [3.8, 4) is 5.75 Å². The average Bonchev–Trinajstić information content (AvgIpc) is 2.80. The van der Waals surface area contributed by atoms with E-state index in [0.29, 0.717) is 6.04 Å². The second kappa shape index (κ2) is 4.89. The smallest absolute Gasteiger partial charge is 0.120 e. The number of H-pyrrole nitrogens is 1. The van der Waals surface area contributed by atoms with Gasteiger partial charge in [-0.15, -0.1) is 0 Å². The normalized spacial score (nSPS) is 19.6. The molecule has 3 heteroatoms. The second-order valence-electron chi connectivity index (χ2n) is 5.39. The van der Waals surface area contributed by atoms with Crippen LogP contribution < -0.4 is 4.74 Å². The SMILES string of the molecule is CCCN1CCc2c([nH]c3cc(OC)ccc23)[C@@H]1C. The van der Waals surface area contributed by atoms with Gasteiger partial charge in [-0.05, 0) is 44.0 Å². The number of hydrogen-bond donors (Lipinski definition) is 1. The molecule has 0 saturated heterocycles. The first-order valence-electron chi connectivity index (χ1n) is 7.17. The number of hydrogen-bond acceptors (Lipinski definition) is 2. The minimum Gasteiger partial charge on any atom is -0.497 e. The number of aromatic amines is 1. The molecule has 0 saturated carbocycles. The maximum atomic E-state index is 5.31. The topological polar surface area (TPSA) is 28.3 Å². The lowest BCUT2D eigenvalue weighted by atomic mass is 9.98. The van der Waals surface area contributed by atoms with Crippen molar-refractivity contribution in [2.24, 2.45) is 0 Å². The van der Waals surface area contributed by atoms with E-state index in [4.69, 9.17) is 4.74 Å². The van der Waals surface area contributed by atoms with Gasteiger partial charge >= 0.3 is 0 Å². The number of fused-ring (bicyclic) bond motifs is 3. The van der Waals surface area contributed by atoms with E-state index in [9.17, 15) is 0 Å². The van der Waals surface area contributed by atoms with Gasteiger partial charge in [-0.3, -0.25) is 4.90 Å². The van der Waals surface area contributed by atoms with Crippen molar-refractivity contribution in [3.63, 3.8) is 0 Å². The third kappa shape index (κ3) is 2.02. The molecule has 0 unspecified atom stereocenters. The van der Waals surface area contributed by atoms with Crippen LogP contribution in [-0.4, -0.2) is 30.1 Å². The van der Waals surface area contributed by atoms with E-state index in [1.165, 1.54) is 41.7 Å². The van der Waals surface area contributed by atoms with Crippen molar-refractivity contribution in [2.45, 2.75) is 32.7 Å². The molecule has 0 aliphatic carbocycles. The molecule has 1 aromatic carbocycles. The standard InChI is InChI=1S/C16H22N2O/c1-4-8-18-9-7-14-13-6-5-12(19-3)10-15(13)17-16(14)11(18)2/h5-6,10-11,17H,4,7-9H2,1-3H3/t11-/m0/s1. The van der Waals surface area contributed by atoms with Crippen LogP contribution in [0.2, 0.25) is 0 Å². The predicted octanol–water partition coefficient (Wildman–Crippen LogP) is 3.51. The van der Waals surface area contributed by atoms with Gasteiger partial charge in [0.1, 0.15) is 5.75 Å². The van der Waals surface area contributed by atoms with Gasteiger partial charge in [0.25, 0.3) is 0 Å². The Morgan fingerprint density at radius 2 is 2.26 bits per heavy atom. The van der Waals surface area contributed by atoms with Crippen molar-refractivity contribution in [3.05, 3.63) is 29.5 Å². The Labute approximate surface area is 114 Å². The molecule has 2 aromatic rings. The Kier molecular flexibility index (Phi) is 3.23. The second-order valence-corrected chi connectivity index (χ2v) is 5.39. The largest absolute Gasteiger partial charge is 0.497 e. The molecule has 1 aliphatic heterocycles. The highest BCUT2D eigenvalue weighted by Gasteiger charge is 2.26. The number of benzene rings is 1. The van der Waals surface area contributed by atoms with E-state index in [1.807, 2.05) is 0 Å². The predicted molar refractivity (Wildman–Crippen MR) is 78.8 cm³/mol. The molecule has 0 amide bonds. The molecule has 3 rings (SSSR count). The summed E-state index contributed by atoms with van der Waals surface area (Å²) in [6, 6.07) is 6.83. The molecule has 1 aliphatic rings. The molecule has 1 aromatic heterocycles. The van der Waals surface area contributed by atoms with E-state index >= 15 is 0 Å². The number of aromatic nitrogens is 1. The van der Waals surface area contributed by atoms with Gasteiger partial charge in [-0.25, -0.2) is 0 Å². The first-order valence-corrected chi connectivity index (χ1v) is 7.17. The summed E-state index contributed by atoms with van der Waals surface area (Å²) >= 11 is 0. The zero-order chi connectivity index (χ0) is 13.4. The van der Waals surface area contributed by atoms with Crippen LogP contribution in [0.25, 0.3) is 10.9 Å². The first kappa shape index (κ1) is 12.5. The minimum atomic E-state index is 0.488. The van der Waals surface area contributed by atoms with Gasteiger partial charge in [0.05, 0.1) is 7.11 Å². The van der Waals surface area contributed by atoms with Gasteiger partial charge in [0, 0.05) is 35.2 Å². The molecule has 0 spiro atoms. The molecule has 0 radical (unpaired) electrons. The molecule has 1 N–H and O–H groups in total. The molecular formula is C16H22N2O. The highest BCUT2D eigenvalue weighted by molar-refractivity contribution is 5.86. The van der Waals surface area contributed by atoms with Crippen molar-refractivity contribution >= 4 is 10.9 Å². The molecule has 0 bridgehead atoms. The number of nitrogens with one attached hydrogen (secondary N) is 1. The van der Waals surface area contributed by atoms with Gasteiger partial charge in [0.15, 0.2) is 0 Å². The third-order valence-corrected chi connectivity index (χ3v) is 4.27. The van der Waals surface area contributed by atoms with E-state index < -0.39 is 0 Å². The Bertz CT molecular complexity index is 588. The van der Waals surface area contributed by atoms with Crippen LogP contribution >= 0.6 is 0 Å². The molecule has 2 heterocycles. The fourth-order valence-corrected chi connectivity index (χ4v) is 3.23. The summed E-state index contributed by atoms with van der Waals surface area (Å²) in [7, 11) is 1.72. The molecular weight excluding hydrogens is 236 g/mol. The lowest BCUT2D eigenvalue weighted by Gasteiger charge is -2.33. The highest BCUT2D eigenvalue weighted by atomic mass is 16.5. The maximum absolute atomic E-state index is 5.31. The van der Waals surface area contributed by atoms with Crippen molar-refractivity contribution in [2.75, 3.05) is 20.2 Å². The number of nitrogens with zero attached hydrogens (tertiary/aromatic N) is 1. The van der Waals surface area contributed by atoms with Crippen molar-refractivity contribution < 1.29 is 4.74 Å². The Balaban J connectivity index is 2.05. The fourth-order valence-electron chi connectivity index (χ4n) is 3.23. The van der Waals surface area contributed by atoms with E-state index in [-0.39, 0.29) is 0 Å². The Morgan fingerprint density at radius 3 is 3.00 bits per heavy atom. The van der Waals surface area contributed by atoms with Gasteiger partial charge < -0.3 is 9.72 Å². The Morgan fingerprint density at radius 1 is 1.42 bits per heavy atom. The summed E-state index contributed by atoms with van der Waals surface area (Å²) in [5, 5.41) is 1.36. The molecule has 3 nitrogen and oxygen atoms in total. The molecule has 19 heavy (non-hydrogen) atoms. The van der Waals surface area contributed by atoms with Crippen LogP contribution in [0.15, 0.2) is 18.2 Å². The molecule has 1 atom stereocenters. The van der Waals surface area contributed by atoms with Gasteiger partial charge in [-0.1, -0.05) is 6.92 Å². The average molecular weight is 258 g/mol. The first-order chi connectivity index (χ1) is 9.24. The van der Waals surface area contributed by atoms with Crippen LogP contribution in [0.1, 0.15) is 37.6 Å². The number of ether oxygens (including phenoxy) is 1. The van der Waals surface area contributed by atoms with Crippen LogP contribution in [0, 0.1) is 0 Å². The van der Waals surface area contributed by atoms with Crippen LogP contribution in [-0.2, 0) is 6.42 Å². The number of rotatable bonds is 3. The lowest BCUT2D eigenvalue weighted by Crippen LogP contribution is -2.34. The quantitative estimate of drug-likeness (QED) is 0.912. The van der Waals surface area contributed by atoms with Gasteiger partial charge in [0.2, 0.25) is 0 Å². The zero-order valence-electron chi connectivity index (χ0n) is 12.0. The van der Waals surface area contributed by atoms with Crippen LogP contribution in [0.4, 0.5) is 0 Å². The van der Waals surface area contributed by atoms with E-state index in [1.54, 1.807) is 7.11 Å². The van der Waals surface area contributed by atoms with Gasteiger partial charge in [-0.2, -0.15) is 0 Å². The third-order valence-electron chi connectivity index (χ3n) is 4.27. The highest BCUT2D eigenvalue weighted by Crippen LogP contribution is 2.35. The summed E-state index contributed by atoms with van der Waals surface area (Å²) in [6.07, 6.45) is 2.36. The maximum Gasteiger partial charge on any atom is 0.120 e. The van der Waals surface area contributed by atoms with Crippen LogP contribution in [0.5, 0.6) is 5.75 Å². The van der Waals surface area contributed by atoms with Crippen LogP contribution in [0.3, 0.4) is 0 Å². The summed E-state index contributed by atoms with van der Waals surface area (Å²) in [4.78, 5) is 6.17. The van der Waals surface area contributed by atoms with E-state index in [0.717, 1.165) is 12.2 Å². The molecule has 102 valence electrons. The minimum absolute atomic E-state index is 0.488. The zero-order valence-corrected chi connectivity index (χ0v) is 12.0. The summed E-state index contributed by atoms with van der Waals surface area (Å²) < 4.78 is 5.31. The fraction of sp³-hybridized carbons (Fsp3) is 0.500. The summed E-state index contributed by atoms with van der Waals surface area (Å²) in [5.74, 6) is 0.921. The number of methoxy groups -OCH3 is 1. The van der Waals surface area contributed by atoms with Crippen molar-refractivity contribution in [1.82, 2.24) is 9.88 Å². The lowest BCUT2D eigenvalue weighted by molar-refractivity contribution is 0.196. The summed E-state index contributed by atoms with van der Waals surface area (Å²) in [6.45, 7) is 6.90. The Hall–Kier alpha value is -1.48. The monoisotopic (exact) mass is 258 g/mol.